The molecule has 1 amide bonds. The fraction of sp³-hybridized carbons (Fsp3) is 0.409. The lowest BCUT2D eigenvalue weighted by molar-refractivity contribution is -0.114. The number of hydrogen-bond donors (Lipinski definition) is 3. The number of nitrogens with one attached hydrogen (secondary N) is 2. The fourth-order valence-electron chi connectivity index (χ4n) is 3.44. The van der Waals surface area contributed by atoms with Crippen molar-refractivity contribution in [3.05, 3.63) is 35.3 Å². The minimum absolute atomic E-state index is 0.106. The van der Waals surface area contributed by atoms with Gasteiger partial charge in [0, 0.05) is 61.3 Å². The van der Waals surface area contributed by atoms with E-state index in [0.29, 0.717) is 23.6 Å². The highest BCUT2D eigenvalue weighted by Crippen LogP contribution is 2.29. The van der Waals surface area contributed by atoms with Gasteiger partial charge in [-0.1, -0.05) is 6.92 Å². The van der Waals surface area contributed by atoms with Gasteiger partial charge in [-0.2, -0.15) is 15.0 Å². The van der Waals surface area contributed by atoms with E-state index in [-0.39, 0.29) is 12.5 Å². The Morgan fingerprint density at radius 2 is 1.91 bits per heavy atom. The molecule has 1 aromatic carbocycles. The highest BCUT2D eigenvalue weighted by Gasteiger charge is 2.21. The lowest BCUT2D eigenvalue weighted by Gasteiger charge is -2.34. The van der Waals surface area contributed by atoms with Crippen molar-refractivity contribution in [2.75, 3.05) is 54.9 Å². The minimum atomic E-state index is -0.106. The number of thiazole rings is 1. The molecule has 1 aliphatic rings. The second-order valence-electron chi connectivity index (χ2n) is 7.71. The predicted octanol–water partition coefficient (Wildman–Crippen LogP) is 2.86. The molecule has 3 heterocycles. The van der Waals surface area contributed by atoms with Crippen LogP contribution in [0.5, 0.6) is 0 Å². The molecule has 3 aromatic rings. The number of benzene rings is 1. The van der Waals surface area contributed by atoms with Crippen molar-refractivity contribution in [3.63, 3.8) is 0 Å². The molecule has 1 aliphatic heterocycles. The van der Waals surface area contributed by atoms with Crippen molar-refractivity contribution in [3.8, 4) is 0 Å². The zero-order valence-corrected chi connectivity index (χ0v) is 20.8. The van der Waals surface area contributed by atoms with E-state index in [1.54, 1.807) is 11.3 Å². The lowest BCUT2D eigenvalue weighted by Crippen LogP contribution is -2.47. The first-order valence-corrected chi connectivity index (χ1v) is 12.8. The number of anilines is 4. The number of rotatable bonds is 9. The summed E-state index contributed by atoms with van der Waals surface area (Å²) in [6.07, 6.45) is 2.79. The molecule has 0 bridgehead atoms. The Kier molecular flexibility index (Phi) is 8.27. The molecular weight excluding hydrogens is 472 g/mol. The van der Waals surface area contributed by atoms with Gasteiger partial charge in [0.1, 0.15) is 0 Å². The maximum absolute atomic E-state index is 11.3. The van der Waals surface area contributed by atoms with Crippen LogP contribution in [0.2, 0.25) is 0 Å². The second-order valence-corrected chi connectivity index (χ2v) is 9.87. The number of nitrogens with zero attached hydrogens (tertiary/aromatic N) is 6. The van der Waals surface area contributed by atoms with Crippen LogP contribution in [0.1, 0.15) is 18.7 Å². The number of carbonyl (C=O) groups is 1. The SMILES string of the molecule is CCc1cnc(Nc2nc(Sc3ccc(NC(C)=O)cc3)nc(N3CCN(CCO)CC3)n2)s1. The van der Waals surface area contributed by atoms with Gasteiger partial charge in [0.25, 0.3) is 0 Å². The van der Waals surface area contributed by atoms with Crippen LogP contribution in [-0.2, 0) is 11.2 Å². The molecule has 1 fully saturated rings. The van der Waals surface area contributed by atoms with Crippen molar-refractivity contribution in [2.45, 2.75) is 30.3 Å². The van der Waals surface area contributed by atoms with Crippen molar-refractivity contribution in [1.29, 1.82) is 0 Å². The van der Waals surface area contributed by atoms with E-state index in [0.717, 1.165) is 48.3 Å². The maximum atomic E-state index is 11.3. The lowest BCUT2D eigenvalue weighted by atomic mass is 10.3. The van der Waals surface area contributed by atoms with Gasteiger partial charge >= 0.3 is 0 Å². The molecule has 10 nitrogen and oxygen atoms in total. The number of amides is 1. The van der Waals surface area contributed by atoms with Crippen molar-refractivity contribution in [2.24, 2.45) is 0 Å². The quantitative estimate of drug-likeness (QED) is 0.405. The van der Waals surface area contributed by atoms with Crippen LogP contribution in [0.15, 0.2) is 40.5 Å². The van der Waals surface area contributed by atoms with Gasteiger partial charge in [-0.25, -0.2) is 4.98 Å². The third-order valence-corrected chi connectivity index (χ3v) is 7.11. The molecule has 3 N–H and O–H groups in total. The normalized spacial score (nSPS) is 14.3. The summed E-state index contributed by atoms with van der Waals surface area (Å²) in [5, 5.41) is 16.5. The van der Waals surface area contributed by atoms with Gasteiger partial charge < -0.3 is 15.3 Å². The summed E-state index contributed by atoms with van der Waals surface area (Å²) in [4.78, 5) is 36.2. The van der Waals surface area contributed by atoms with E-state index in [4.69, 9.17) is 4.98 Å². The summed E-state index contributed by atoms with van der Waals surface area (Å²) in [6.45, 7) is 7.65. The maximum Gasteiger partial charge on any atom is 0.234 e. The van der Waals surface area contributed by atoms with Crippen LogP contribution in [0.4, 0.5) is 22.7 Å². The molecule has 4 rings (SSSR count). The van der Waals surface area contributed by atoms with E-state index < -0.39 is 0 Å². The summed E-state index contributed by atoms with van der Waals surface area (Å²) in [5.41, 5.74) is 0.742. The Balaban J connectivity index is 1.55. The molecule has 0 unspecified atom stereocenters. The van der Waals surface area contributed by atoms with E-state index in [1.165, 1.54) is 23.6 Å². The average Bonchev–Trinajstić information content (AvgIpc) is 3.28. The topological polar surface area (TPSA) is 119 Å². The largest absolute Gasteiger partial charge is 0.395 e. The molecule has 2 aromatic heterocycles. The highest BCUT2D eigenvalue weighted by atomic mass is 32.2. The zero-order valence-electron chi connectivity index (χ0n) is 19.2. The second kappa shape index (κ2) is 11.6. The third-order valence-electron chi connectivity index (χ3n) is 5.18. The summed E-state index contributed by atoms with van der Waals surface area (Å²) >= 11 is 3.02. The Bertz CT molecular complexity index is 1100. The molecule has 34 heavy (non-hydrogen) atoms. The number of aliphatic hydroxyl groups excluding tert-OH is 1. The van der Waals surface area contributed by atoms with E-state index in [9.17, 15) is 9.90 Å². The first-order valence-electron chi connectivity index (χ1n) is 11.1. The summed E-state index contributed by atoms with van der Waals surface area (Å²) in [7, 11) is 0. The van der Waals surface area contributed by atoms with E-state index >= 15 is 0 Å². The molecule has 0 saturated carbocycles. The van der Waals surface area contributed by atoms with Gasteiger partial charge in [0.2, 0.25) is 17.8 Å². The minimum Gasteiger partial charge on any atom is -0.395 e. The van der Waals surface area contributed by atoms with Crippen LogP contribution in [-0.4, -0.2) is 75.2 Å². The smallest absolute Gasteiger partial charge is 0.234 e. The molecule has 180 valence electrons. The van der Waals surface area contributed by atoms with Gasteiger partial charge in [-0.15, -0.1) is 11.3 Å². The fourth-order valence-corrected chi connectivity index (χ4v) is 4.93. The van der Waals surface area contributed by atoms with Crippen LogP contribution in [0.3, 0.4) is 0 Å². The summed E-state index contributed by atoms with van der Waals surface area (Å²) in [5.74, 6) is 0.966. The molecule has 12 heteroatoms. The van der Waals surface area contributed by atoms with Crippen molar-refractivity contribution in [1.82, 2.24) is 24.8 Å². The highest BCUT2D eigenvalue weighted by molar-refractivity contribution is 7.99. The van der Waals surface area contributed by atoms with Gasteiger partial charge in [0.05, 0.1) is 6.61 Å². The summed E-state index contributed by atoms with van der Waals surface area (Å²) < 4.78 is 0. The number of carbonyl (C=O) groups excluding carboxylic acids is 1. The Morgan fingerprint density at radius 3 is 2.56 bits per heavy atom. The molecule has 0 aliphatic carbocycles. The van der Waals surface area contributed by atoms with E-state index in [1.807, 2.05) is 30.5 Å². The third kappa shape index (κ3) is 6.63. The van der Waals surface area contributed by atoms with Crippen LogP contribution in [0, 0.1) is 0 Å². The number of β-amino-alcohol motifs (C(OH)–C–C–N with tert-alkyl or cyclic N) is 1. The summed E-state index contributed by atoms with van der Waals surface area (Å²) in [6, 6.07) is 7.56. The number of hydrogen-bond acceptors (Lipinski definition) is 11. The van der Waals surface area contributed by atoms with Crippen LogP contribution in [0.25, 0.3) is 0 Å². The molecule has 0 atom stereocenters. The van der Waals surface area contributed by atoms with E-state index in [2.05, 4.69) is 42.3 Å². The predicted molar refractivity (Wildman–Crippen MR) is 135 cm³/mol. The number of aryl methyl sites for hydroxylation is 1. The number of aliphatic hydroxyl groups is 1. The number of piperazine rings is 1. The first kappa shape index (κ1) is 24.3. The van der Waals surface area contributed by atoms with Gasteiger partial charge in [0.15, 0.2) is 10.3 Å². The van der Waals surface area contributed by atoms with Crippen molar-refractivity contribution >= 4 is 51.7 Å². The monoisotopic (exact) mass is 500 g/mol. The van der Waals surface area contributed by atoms with Gasteiger partial charge in [-0.05, 0) is 42.4 Å². The molecule has 0 spiro atoms. The molecular formula is C22H28N8O2S2. The van der Waals surface area contributed by atoms with Crippen LogP contribution >= 0.6 is 23.1 Å². The number of aromatic nitrogens is 4. The Morgan fingerprint density at radius 1 is 1.15 bits per heavy atom. The average molecular weight is 501 g/mol. The Hall–Kier alpha value is -2.80. The molecule has 1 saturated heterocycles. The zero-order chi connectivity index (χ0) is 23.9. The van der Waals surface area contributed by atoms with Gasteiger partial charge in [-0.3, -0.25) is 15.0 Å². The van der Waals surface area contributed by atoms with Crippen molar-refractivity contribution < 1.29 is 9.90 Å². The standard InChI is InChI=1S/C22H28N8O2S2/c1-3-17-14-23-21(33-17)26-19-25-20(30-10-8-29(9-11-30)12-13-31)28-22(27-19)34-18-6-4-16(5-7-18)24-15(2)32/h4-7,14,31H,3,8-13H2,1-2H3,(H,24,32)(H,23,25,26,27,28). The Labute approximate surface area is 206 Å². The molecule has 0 radical (unpaired) electrons. The first-order chi connectivity index (χ1) is 16.5. The van der Waals surface area contributed by atoms with Crippen LogP contribution < -0.4 is 15.5 Å².